The normalized spacial score (nSPS) is 15.8. The number of hydrogen-bond donors (Lipinski definition) is 3. The summed E-state index contributed by atoms with van der Waals surface area (Å²) >= 11 is 0. The Balaban J connectivity index is 2.38. The molecule has 1 aliphatic heterocycles. The molecule has 0 saturated carbocycles. The molecular formula is C14H18N2O3. The Hall–Kier alpha value is -1.88. The summed E-state index contributed by atoms with van der Waals surface area (Å²) in [6.07, 6.45) is 0.354. The van der Waals surface area contributed by atoms with Crippen molar-refractivity contribution < 1.29 is 14.7 Å². The summed E-state index contributed by atoms with van der Waals surface area (Å²) in [4.78, 5) is 22.7. The highest BCUT2D eigenvalue weighted by Crippen LogP contribution is 2.35. The molecule has 2 rings (SSSR count). The van der Waals surface area contributed by atoms with Gasteiger partial charge >= 0.3 is 5.97 Å². The molecule has 0 aromatic heterocycles. The Labute approximate surface area is 112 Å². The van der Waals surface area contributed by atoms with E-state index in [9.17, 15) is 14.7 Å². The summed E-state index contributed by atoms with van der Waals surface area (Å²) < 4.78 is 0. The average Bonchev–Trinajstić information content (AvgIpc) is 2.68. The van der Waals surface area contributed by atoms with Gasteiger partial charge in [-0.1, -0.05) is 12.1 Å². The third-order valence-electron chi connectivity index (χ3n) is 3.65. The number of nitrogens with one attached hydrogen (secondary N) is 2. The number of benzene rings is 1. The van der Waals surface area contributed by atoms with E-state index < -0.39 is 11.4 Å². The molecule has 1 aliphatic rings. The van der Waals surface area contributed by atoms with Gasteiger partial charge in [-0.25, -0.2) is 0 Å². The van der Waals surface area contributed by atoms with Crippen molar-refractivity contribution in [3.63, 3.8) is 0 Å². The zero-order valence-corrected chi connectivity index (χ0v) is 11.3. The second-order valence-electron chi connectivity index (χ2n) is 5.39. The highest BCUT2D eigenvalue weighted by atomic mass is 16.4. The molecule has 1 atom stereocenters. The molecule has 1 amide bonds. The van der Waals surface area contributed by atoms with Gasteiger partial charge in [0.1, 0.15) is 0 Å². The lowest BCUT2D eigenvalue weighted by atomic mass is 9.80. The lowest BCUT2D eigenvalue weighted by molar-refractivity contribution is -0.148. The van der Waals surface area contributed by atoms with Crippen molar-refractivity contribution in [2.24, 2.45) is 5.41 Å². The lowest BCUT2D eigenvalue weighted by Gasteiger charge is -2.30. The Kier molecular flexibility index (Phi) is 3.32. The van der Waals surface area contributed by atoms with Crippen molar-refractivity contribution in [2.75, 3.05) is 12.4 Å². The number of aliphatic carboxylic acids is 1. The highest BCUT2D eigenvalue weighted by Gasteiger charge is 2.37. The molecule has 5 heteroatoms. The zero-order chi connectivity index (χ0) is 14.2. The van der Waals surface area contributed by atoms with Crippen LogP contribution >= 0.6 is 0 Å². The predicted octanol–water partition coefficient (Wildman–Crippen LogP) is 1.55. The molecule has 0 fully saturated rings. The van der Waals surface area contributed by atoms with Gasteiger partial charge in [-0.15, -0.1) is 0 Å². The van der Waals surface area contributed by atoms with Crippen LogP contribution in [0, 0.1) is 5.41 Å². The van der Waals surface area contributed by atoms with Crippen molar-refractivity contribution >= 4 is 17.6 Å². The van der Waals surface area contributed by atoms with Crippen molar-refractivity contribution in [1.29, 1.82) is 0 Å². The molecule has 1 aromatic carbocycles. The maximum atomic E-state index is 11.4. The monoisotopic (exact) mass is 262 g/mol. The van der Waals surface area contributed by atoms with Gasteiger partial charge in [0, 0.05) is 11.7 Å². The summed E-state index contributed by atoms with van der Waals surface area (Å²) in [6, 6.07) is 5.28. The van der Waals surface area contributed by atoms with Gasteiger partial charge in [0.05, 0.1) is 11.8 Å². The van der Waals surface area contributed by atoms with E-state index >= 15 is 0 Å². The smallest absolute Gasteiger partial charge is 0.311 e. The van der Waals surface area contributed by atoms with E-state index in [-0.39, 0.29) is 11.9 Å². The number of rotatable bonds is 4. The fourth-order valence-corrected chi connectivity index (χ4v) is 2.50. The van der Waals surface area contributed by atoms with Gasteiger partial charge in [0.2, 0.25) is 5.91 Å². The van der Waals surface area contributed by atoms with E-state index in [0.717, 1.165) is 16.8 Å². The molecule has 19 heavy (non-hydrogen) atoms. The molecule has 5 nitrogen and oxygen atoms in total. The van der Waals surface area contributed by atoms with Gasteiger partial charge in [0.15, 0.2) is 0 Å². The summed E-state index contributed by atoms with van der Waals surface area (Å²) in [7, 11) is 1.74. The molecule has 1 aromatic rings. The number of carbonyl (C=O) groups is 2. The number of carbonyl (C=O) groups excluding carboxylic acids is 1. The molecule has 0 aliphatic carbocycles. The lowest BCUT2D eigenvalue weighted by Crippen LogP contribution is -2.38. The van der Waals surface area contributed by atoms with Crippen LogP contribution in [0.25, 0.3) is 0 Å². The summed E-state index contributed by atoms with van der Waals surface area (Å²) in [5, 5.41) is 15.2. The number of amides is 1. The molecule has 1 heterocycles. The molecule has 0 saturated heterocycles. The zero-order valence-electron chi connectivity index (χ0n) is 11.3. The third kappa shape index (κ3) is 2.33. The second-order valence-corrected chi connectivity index (χ2v) is 5.39. The van der Waals surface area contributed by atoms with Crippen LogP contribution in [-0.2, 0) is 16.0 Å². The fraction of sp³-hybridized carbons (Fsp3) is 0.429. The van der Waals surface area contributed by atoms with Crippen LogP contribution in [0.3, 0.4) is 0 Å². The Morgan fingerprint density at radius 2 is 2.16 bits per heavy atom. The summed E-state index contributed by atoms with van der Waals surface area (Å²) in [5.41, 5.74) is 1.68. The fourth-order valence-electron chi connectivity index (χ4n) is 2.50. The first-order chi connectivity index (χ1) is 8.86. The maximum absolute atomic E-state index is 11.4. The Morgan fingerprint density at radius 1 is 1.47 bits per heavy atom. The van der Waals surface area contributed by atoms with Gasteiger partial charge < -0.3 is 15.7 Å². The minimum Gasteiger partial charge on any atom is -0.481 e. The Morgan fingerprint density at radius 3 is 2.74 bits per heavy atom. The maximum Gasteiger partial charge on any atom is 0.311 e. The van der Waals surface area contributed by atoms with Gasteiger partial charge in [-0.3, -0.25) is 9.59 Å². The van der Waals surface area contributed by atoms with Crippen LogP contribution in [-0.4, -0.2) is 24.0 Å². The van der Waals surface area contributed by atoms with E-state index in [1.165, 1.54) is 0 Å². The largest absolute Gasteiger partial charge is 0.481 e. The van der Waals surface area contributed by atoms with Crippen LogP contribution in [0.2, 0.25) is 0 Å². The summed E-state index contributed by atoms with van der Waals surface area (Å²) in [6.45, 7) is 3.38. The first-order valence-corrected chi connectivity index (χ1v) is 6.19. The van der Waals surface area contributed by atoms with Crippen LogP contribution < -0.4 is 10.6 Å². The second kappa shape index (κ2) is 4.66. The van der Waals surface area contributed by atoms with Crippen LogP contribution in [0.15, 0.2) is 18.2 Å². The van der Waals surface area contributed by atoms with E-state index in [4.69, 9.17) is 0 Å². The molecule has 0 radical (unpaired) electrons. The van der Waals surface area contributed by atoms with Crippen molar-refractivity contribution in [2.45, 2.75) is 26.3 Å². The topological polar surface area (TPSA) is 78.4 Å². The van der Waals surface area contributed by atoms with Crippen molar-refractivity contribution in [1.82, 2.24) is 5.32 Å². The molecule has 1 unspecified atom stereocenters. The Bertz CT molecular complexity index is 537. The van der Waals surface area contributed by atoms with Gasteiger partial charge in [-0.2, -0.15) is 0 Å². The van der Waals surface area contributed by atoms with Crippen molar-refractivity contribution in [3.05, 3.63) is 29.3 Å². The number of carboxylic acids is 1. The van der Waals surface area contributed by atoms with E-state index in [1.54, 1.807) is 20.9 Å². The average molecular weight is 262 g/mol. The predicted molar refractivity (Wildman–Crippen MR) is 72.0 cm³/mol. The molecule has 0 bridgehead atoms. The van der Waals surface area contributed by atoms with Gasteiger partial charge in [0.25, 0.3) is 0 Å². The van der Waals surface area contributed by atoms with Crippen LogP contribution in [0.5, 0.6) is 0 Å². The SMILES string of the molecule is CNC(c1ccc2c(c1)CC(=O)N2)C(C)(C)C(=O)O. The van der Waals surface area contributed by atoms with Crippen LogP contribution in [0.1, 0.15) is 31.0 Å². The number of anilines is 1. The first kappa shape index (κ1) is 13.5. The minimum absolute atomic E-state index is 0.0225. The number of fused-ring (bicyclic) bond motifs is 1. The van der Waals surface area contributed by atoms with Gasteiger partial charge in [-0.05, 0) is 38.1 Å². The quantitative estimate of drug-likeness (QED) is 0.769. The molecule has 3 N–H and O–H groups in total. The summed E-state index contributed by atoms with van der Waals surface area (Å²) in [5.74, 6) is -0.882. The van der Waals surface area contributed by atoms with Crippen molar-refractivity contribution in [3.8, 4) is 0 Å². The highest BCUT2D eigenvalue weighted by molar-refractivity contribution is 5.99. The first-order valence-electron chi connectivity index (χ1n) is 6.19. The number of hydrogen-bond acceptors (Lipinski definition) is 3. The van der Waals surface area contributed by atoms with E-state index in [1.807, 2.05) is 18.2 Å². The molecule has 102 valence electrons. The minimum atomic E-state index is -0.932. The number of carboxylic acid groups (broad SMARTS) is 1. The van der Waals surface area contributed by atoms with Crippen LogP contribution in [0.4, 0.5) is 5.69 Å². The van der Waals surface area contributed by atoms with E-state index in [0.29, 0.717) is 6.42 Å². The molecule has 0 spiro atoms. The van der Waals surface area contributed by atoms with E-state index in [2.05, 4.69) is 10.6 Å². The molecular weight excluding hydrogens is 244 g/mol. The standard InChI is InChI=1S/C14H18N2O3/c1-14(2,13(18)19)12(15-3)8-4-5-10-9(6-8)7-11(17)16-10/h4-6,12,15H,7H2,1-3H3,(H,16,17)(H,18,19). The third-order valence-corrected chi connectivity index (χ3v) is 3.65.